The van der Waals surface area contributed by atoms with Crippen LogP contribution in [0.3, 0.4) is 0 Å². The largest absolute Gasteiger partial charge is 0.467 e. The second-order valence-corrected chi connectivity index (χ2v) is 6.89. The highest BCUT2D eigenvalue weighted by atomic mass is 16.5. The van der Waals surface area contributed by atoms with Crippen molar-refractivity contribution in [1.29, 1.82) is 0 Å². The fraction of sp³-hybridized carbons (Fsp3) is 0.556. The maximum Gasteiger partial charge on any atom is 0.276 e. The Morgan fingerprint density at radius 3 is 2.92 bits per heavy atom. The van der Waals surface area contributed by atoms with Gasteiger partial charge in [0.1, 0.15) is 11.5 Å². The number of hydrogen-bond acceptors (Lipinski definition) is 5. The van der Waals surface area contributed by atoms with Gasteiger partial charge in [0.05, 0.1) is 12.8 Å². The Morgan fingerprint density at radius 2 is 2.21 bits per heavy atom. The van der Waals surface area contributed by atoms with E-state index in [0.29, 0.717) is 24.7 Å². The number of aromatic nitrogens is 1. The minimum Gasteiger partial charge on any atom is -0.467 e. The molecule has 2 aromatic heterocycles. The molecule has 0 bridgehead atoms. The Labute approximate surface area is 142 Å². The summed E-state index contributed by atoms with van der Waals surface area (Å²) in [5, 5.41) is 4.10. The van der Waals surface area contributed by atoms with E-state index in [1.54, 1.807) is 11.2 Å². The second-order valence-electron chi connectivity index (χ2n) is 6.89. The number of fused-ring (bicyclic) bond motifs is 1. The third kappa shape index (κ3) is 3.70. The molecule has 0 spiro atoms. The summed E-state index contributed by atoms with van der Waals surface area (Å²) in [6, 6.07) is 3.72. The maximum absolute atomic E-state index is 13.1. The van der Waals surface area contributed by atoms with Crippen molar-refractivity contribution in [2.45, 2.75) is 32.7 Å². The van der Waals surface area contributed by atoms with Crippen molar-refractivity contribution in [3.05, 3.63) is 41.2 Å². The first-order valence-corrected chi connectivity index (χ1v) is 8.48. The quantitative estimate of drug-likeness (QED) is 0.814. The van der Waals surface area contributed by atoms with Crippen LogP contribution in [0.4, 0.5) is 0 Å². The first-order valence-electron chi connectivity index (χ1n) is 8.48. The molecule has 1 aliphatic carbocycles. The molecule has 2 aromatic rings. The average Bonchev–Trinajstić information content (AvgIpc) is 3.19. The number of rotatable bonds is 6. The Balaban J connectivity index is 1.81. The molecule has 0 saturated carbocycles. The summed E-state index contributed by atoms with van der Waals surface area (Å²) in [5.41, 5.74) is 1.47. The van der Waals surface area contributed by atoms with Crippen molar-refractivity contribution in [3.8, 4) is 0 Å². The summed E-state index contributed by atoms with van der Waals surface area (Å²) in [5.74, 6) is 2.13. The molecule has 0 fully saturated rings. The lowest BCUT2D eigenvalue weighted by molar-refractivity contribution is 0.0708. The second kappa shape index (κ2) is 7.21. The van der Waals surface area contributed by atoms with Crippen LogP contribution in [0.25, 0.3) is 0 Å². The van der Waals surface area contributed by atoms with Gasteiger partial charge in [0.25, 0.3) is 5.91 Å². The molecule has 3 rings (SSSR count). The number of carbonyl (C=O) groups excluding carboxylic acids is 1. The number of furan rings is 1. The van der Waals surface area contributed by atoms with Crippen molar-refractivity contribution >= 4 is 5.91 Å². The molecule has 0 saturated heterocycles. The summed E-state index contributed by atoms with van der Waals surface area (Å²) < 4.78 is 10.9. The summed E-state index contributed by atoms with van der Waals surface area (Å²) in [7, 11) is 3.99. The summed E-state index contributed by atoms with van der Waals surface area (Å²) in [4.78, 5) is 16.9. The SMILES string of the molecule is CC1CCc2onc(C(=O)N(CCN(C)C)Cc3ccco3)c2C1. The third-order valence-corrected chi connectivity index (χ3v) is 4.52. The van der Waals surface area contributed by atoms with Crippen LogP contribution < -0.4 is 0 Å². The Hall–Kier alpha value is -2.08. The highest BCUT2D eigenvalue weighted by Crippen LogP contribution is 2.28. The fourth-order valence-corrected chi connectivity index (χ4v) is 3.06. The van der Waals surface area contributed by atoms with E-state index in [4.69, 9.17) is 8.94 Å². The fourth-order valence-electron chi connectivity index (χ4n) is 3.06. The van der Waals surface area contributed by atoms with Crippen LogP contribution in [0.15, 0.2) is 27.3 Å². The molecule has 1 aliphatic rings. The topological polar surface area (TPSA) is 62.7 Å². The number of carbonyl (C=O) groups is 1. The summed E-state index contributed by atoms with van der Waals surface area (Å²) >= 11 is 0. The number of amides is 1. The van der Waals surface area contributed by atoms with Crippen LogP contribution in [0, 0.1) is 5.92 Å². The molecule has 6 nitrogen and oxygen atoms in total. The summed E-state index contributed by atoms with van der Waals surface area (Å²) in [6.45, 7) is 4.04. The Morgan fingerprint density at radius 1 is 1.38 bits per heavy atom. The van der Waals surface area contributed by atoms with Crippen LogP contribution in [0.5, 0.6) is 0 Å². The highest BCUT2D eigenvalue weighted by Gasteiger charge is 2.29. The lowest BCUT2D eigenvalue weighted by Gasteiger charge is -2.24. The predicted octanol–water partition coefficient (Wildman–Crippen LogP) is 2.60. The normalized spacial score (nSPS) is 17.1. The smallest absolute Gasteiger partial charge is 0.276 e. The Bertz CT molecular complexity index is 676. The number of likely N-dealkylation sites (N-methyl/N-ethyl adjacent to an activating group) is 1. The van der Waals surface area contributed by atoms with Gasteiger partial charge in [-0.05, 0) is 45.0 Å². The van der Waals surface area contributed by atoms with E-state index >= 15 is 0 Å². The molecule has 24 heavy (non-hydrogen) atoms. The van der Waals surface area contributed by atoms with Gasteiger partial charge in [-0.2, -0.15) is 0 Å². The first-order chi connectivity index (χ1) is 11.5. The van der Waals surface area contributed by atoms with Crippen molar-refractivity contribution in [2.24, 2.45) is 5.92 Å². The van der Waals surface area contributed by atoms with Crippen LogP contribution >= 0.6 is 0 Å². The molecule has 0 radical (unpaired) electrons. The van der Waals surface area contributed by atoms with Crippen molar-refractivity contribution in [2.75, 3.05) is 27.2 Å². The minimum absolute atomic E-state index is 0.0765. The predicted molar refractivity (Wildman–Crippen MR) is 89.7 cm³/mol. The standard InChI is InChI=1S/C18H25N3O3/c1-13-6-7-16-15(11-13)17(19-24-16)18(22)21(9-8-20(2)3)12-14-5-4-10-23-14/h4-5,10,13H,6-9,11-12H2,1-3H3. The van der Waals surface area contributed by atoms with E-state index in [1.807, 2.05) is 26.2 Å². The molecule has 0 aliphatic heterocycles. The van der Waals surface area contributed by atoms with E-state index in [0.717, 1.165) is 42.9 Å². The zero-order chi connectivity index (χ0) is 17.1. The van der Waals surface area contributed by atoms with E-state index in [9.17, 15) is 4.79 Å². The van der Waals surface area contributed by atoms with E-state index < -0.39 is 0 Å². The monoisotopic (exact) mass is 331 g/mol. The van der Waals surface area contributed by atoms with Gasteiger partial charge in [0.2, 0.25) is 0 Å². The maximum atomic E-state index is 13.1. The molecule has 130 valence electrons. The van der Waals surface area contributed by atoms with Crippen molar-refractivity contribution in [3.63, 3.8) is 0 Å². The zero-order valence-corrected chi connectivity index (χ0v) is 14.6. The third-order valence-electron chi connectivity index (χ3n) is 4.52. The van der Waals surface area contributed by atoms with Gasteiger partial charge in [-0.25, -0.2) is 0 Å². The van der Waals surface area contributed by atoms with Gasteiger partial charge in [-0.15, -0.1) is 0 Å². The van der Waals surface area contributed by atoms with Gasteiger partial charge in [0, 0.05) is 25.1 Å². The van der Waals surface area contributed by atoms with Crippen molar-refractivity contribution < 1.29 is 13.7 Å². The van der Waals surface area contributed by atoms with Gasteiger partial charge in [0.15, 0.2) is 5.69 Å². The van der Waals surface area contributed by atoms with Crippen LogP contribution in [-0.4, -0.2) is 48.0 Å². The molecule has 2 heterocycles. The molecule has 1 amide bonds. The average molecular weight is 331 g/mol. The molecular formula is C18H25N3O3. The first kappa shape index (κ1) is 16.8. The molecule has 1 unspecified atom stereocenters. The lowest BCUT2D eigenvalue weighted by atomic mass is 9.88. The number of hydrogen-bond donors (Lipinski definition) is 0. The Kier molecular flexibility index (Phi) is 5.04. The van der Waals surface area contributed by atoms with Crippen LogP contribution in [0.2, 0.25) is 0 Å². The highest BCUT2D eigenvalue weighted by molar-refractivity contribution is 5.93. The lowest BCUT2D eigenvalue weighted by Crippen LogP contribution is -2.37. The van der Waals surface area contributed by atoms with Gasteiger partial charge in [-0.1, -0.05) is 12.1 Å². The zero-order valence-electron chi connectivity index (χ0n) is 14.6. The molecular weight excluding hydrogens is 306 g/mol. The number of aryl methyl sites for hydroxylation is 1. The molecule has 0 aromatic carbocycles. The van der Waals surface area contributed by atoms with E-state index in [-0.39, 0.29) is 5.91 Å². The minimum atomic E-state index is -0.0765. The number of nitrogens with zero attached hydrogens (tertiary/aromatic N) is 3. The van der Waals surface area contributed by atoms with Gasteiger partial charge < -0.3 is 18.7 Å². The van der Waals surface area contributed by atoms with E-state index in [2.05, 4.69) is 17.0 Å². The van der Waals surface area contributed by atoms with E-state index in [1.165, 1.54) is 0 Å². The molecule has 1 atom stereocenters. The molecule has 6 heteroatoms. The van der Waals surface area contributed by atoms with Crippen LogP contribution in [0.1, 0.15) is 40.9 Å². The molecule has 0 N–H and O–H groups in total. The van der Waals surface area contributed by atoms with Crippen LogP contribution in [-0.2, 0) is 19.4 Å². The summed E-state index contributed by atoms with van der Waals surface area (Å²) in [6.07, 6.45) is 4.45. The van der Waals surface area contributed by atoms with Gasteiger partial charge in [-0.3, -0.25) is 4.79 Å². The van der Waals surface area contributed by atoms with Crippen molar-refractivity contribution in [1.82, 2.24) is 15.0 Å². The van der Waals surface area contributed by atoms with Gasteiger partial charge >= 0.3 is 0 Å².